The monoisotopic (exact) mass is 628 g/mol. The Hall–Kier alpha value is -4.83. The maximum Gasteiger partial charge on any atom is 0.338 e. The van der Waals surface area contributed by atoms with Crippen molar-refractivity contribution in [2.45, 2.75) is 39.3 Å². The molecule has 45 heavy (non-hydrogen) atoms. The Bertz CT molecular complexity index is 1890. The molecule has 4 aromatic rings. The molecule has 0 saturated carbocycles. The average Bonchev–Trinajstić information content (AvgIpc) is 3.37. The number of esters is 1. The summed E-state index contributed by atoms with van der Waals surface area (Å²) in [5, 5.41) is 0. The van der Waals surface area contributed by atoms with Crippen LogP contribution in [0.25, 0.3) is 6.08 Å². The van der Waals surface area contributed by atoms with E-state index in [9.17, 15) is 9.59 Å². The number of carbonyl (C=O) groups is 1. The van der Waals surface area contributed by atoms with Crippen molar-refractivity contribution >= 4 is 23.4 Å². The van der Waals surface area contributed by atoms with E-state index in [1.54, 1.807) is 57.1 Å². The molecule has 5 rings (SSSR count). The first-order chi connectivity index (χ1) is 21.9. The van der Waals surface area contributed by atoms with Gasteiger partial charge < -0.3 is 23.7 Å². The zero-order valence-electron chi connectivity index (χ0n) is 26.0. The van der Waals surface area contributed by atoms with Gasteiger partial charge in [0.2, 0.25) is 0 Å². The molecule has 1 aliphatic heterocycles. The minimum absolute atomic E-state index is 0.182. The number of benzene rings is 3. The molecule has 234 valence electrons. The molecule has 0 radical (unpaired) electrons. The highest BCUT2D eigenvalue weighted by atomic mass is 32.1. The number of aromatic nitrogens is 1. The fourth-order valence-corrected chi connectivity index (χ4v) is 6.27. The summed E-state index contributed by atoms with van der Waals surface area (Å²) in [4.78, 5) is 33.1. The van der Waals surface area contributed by atoms with Gasteiger partial charge in [0, 0.05) is 5.56 Å². The van der Waals surface area contributed by atoms with Gasteiger partial charge in [-0.15, -0.1) is 0 Å². The third-order valence-electron chi connectivity index (χ3n) is 7.35. The van der Waals surface area contributed by atoms with E-state index in [4.69, 9.17) is 28.7 Å². The van der Waals surface area contributed by atoms with Crippen molar-refractivity contribution in [2.75, 3.05) is 27.9 Å². The zero-order valence-corrected chi connectivity index (χ0v) is 26.8. The number of allylic oxidation sites excluding steroid dienone is 1. The molecule has 0 aliphatic carbocycles. The molecule has 3 aromatic carbocycles. The van der Waals surface area contributed by atoms with Crippen molar-refractivity contribution in [3.63, 3.8) is 0 Å². The SMILES string of the molecule is CCCC1=C(C(=O)OCC)[C@H](c2cc(OC)ccc2OC)n2c(s/c(=C\c3ccc(OCc4ccccc4)c(OC)c3)c2=O)=N1. The van der Waals surface area contributed by atoms with Crippen molar-refractivity contribution in [1.29, 1.82) is 0 Å². The van der Waals surface area contributed by atoms with Crippen molar-refractivity contribution in [3.05, 3.63) is 114 Å². The van der Waals surface area contributed by atoms with Crippen LogP contribution in [0.3, 0.4) is 0 Å². The first-order valence-corrected chi connectivity index (χ1v) is 15.5. The summed E-state index contributed by atoms with van der Waals surface area (Å²) in [5.41, 5.74) is 2.98. The molecule has 0 saturated heterocycles. The van der Waals surface area contributed by atoms with E-state index >= 15 is 0 Å². The molecule has 0 bridgehead atoms. The summed E-state index contributed by atoms with van der Waals surface area (Å²) < 4.78 is 30.4. The predicted octanol–water partition coefficient (Wildman–Crippen LogP) is 5.18. The lowest BCUT2D eigenvalue weighted by Gasteiger charge is -2.27. The summed E-state index contributed by atoms with van der Waals surface area (Å²) in [7, 11) is 4.69. The van der Waals surface area contributed by atoms with Crippen LogP contribution in [0, 0.1) is 0 Å². The second-order valence-corrected chi connectivity index (χ2v) is 11.2. The minimum atomic E-state index is -0.836. The second kappa shape index (κ2) is 14.3. The molecule has 1 atom stereocenters. The molecule has 0 amide bonds. The lowest BCUT2D eigenvalue weighted by Crippen LogP contribution is -2.40. The summed E-state index contributed by atoms with van der Waals surface area (Å²) in [6, 6.07) is 19.9. The quantitative estimate of drug-likeness (QED) is 0.200. The zero-order chi connectivity index (χ0) is 31.9. The van der Waals surface area contributed by atoms with Crippen molar-refractivity contribution in [2.24, 2.45) is 4.99 Å². The number of hydrogen-bond donors (Lipinski definition) is 0. The molecule has 0 fully saturated rings. The van der Waals surface area contributed by atoms with E-state index < -0.39 is 12.0 Å². The third-order valence-corrected chi connectivity index (χ3v) is 8.33. The smallest absolute Gasteiger partial charge is 0.338 e. The van der Waals surface area contributed by atoms with Gasteiger partial charge in [-0.2, -0.15) is 0 Å². The van der Waals surface area contributed by atoms with Gasteiger partial charge in [0.15, 0.2) is 16.3 Å². The highest BCUT2D eigenvalue weighted by Gasteiger charge is 2.36. The molecular weight excluding hydrogens is 592 g/mol. The van der Waals surface area contributed by atoms with Crippen molar-refractivity contribution < 1.29 is 28.5 Å². The number of rotatable bonds is 12. The first-order valence-electron chi connectivity index (χ1n) is 14.7. The van der Waals surface area contributed by atoms with Crippen LogP contribution < -0.4 is 33.8 Å². The first kappa shape index (κ1) is 31.6. The lowest BCUT2D eigenvalue weighted by molar-refractivity contribution is -0.139. The number of ether oxygens (including phenoxy) is 5. The summed E-state index contributed by atoms with van der Waals surface area (Å²) in [6.07, 6.45) is 3.07. The minimum Gasteiger partial charge on any atom is -0.497 e. The number of fused-ring (bicyclic) bond motifs is 1. The average molecular weight is 629 g/mol. The van der Waals surface area contributed by atoms with E-state index in [0.29, 0.717) is 62.2 Å². The second-order valence-electron chi connectivity index (χ2n) is 10.2. The van der Waals surface area contributed by atoms with Gasteiger partial charge in [0.25, 0.3) is 5.56 Å². The highest BCUT2D eigenvalue weighted by molar-refractivity contribution is 7.07. The lowest BCUT2D eigenvalue weighted by atomic mass is 9.93. The van der Waals surface area contributed by atoms with E-state index in [1.807, 2.05) is 55.5 Å². The van der Waals surface area contributed by atoms with Gasteiger partial charge in [-0.05, 0) is 60.9 Å². The molecule has 10 heteroatoms. The Morgan fingerprint density at radius 1 is 0.933 bits per heavy atom. The fraction of sp³-hybridized carbons (Fsp3) is 0.286. The molecule has 1 aromatic heterocycles. The van der Waals surface area contributed by atoms with Gasteiger partial charge in [-0.25, -0.2) is 9.79 Å². The van der Waals surface area contributed by atoms with Crippen LogP contribution in [0.2, 0.25) is 0 Å². The van der Waals surface area contributed by atoms with Crippen LogP contribution in [0.15, 0.2) is 87.8 Å². The van der Waals surface area contributed by atoms with E-state index in [2.05, 4.69) is 0 Å². The molecule has 0 unspecified atom stereocenters. The molecule has 0 spiro atoms. The molecule has 9 nitrogen and oxygen atoms in total. The summed E-state index contributed by atoms with van der Waals surface area (Å²) in [6.45, 7) is 4.34. The number of nitrogens with zero attached hydrogens (tertiary/aromatic N) is 2. The molecule has 1 aliphatic rings. The standard InChI is InChI=1S/C35H36N2O7S/c1-6-11-26-31(34(39)43-7-2)32(25-20-24(40-3)15-17-27(25)41-4)37-33(38)30(45-35(37)36-26)19-23-14-16-28(29(18-23)42-5)44-21-22-12-9-8-10-13-22/h8-10,12-20,32H,6-7,11,21H2,1-5H3/b30-19-/t32-/m0/s1. The van der Waals surface area contributed by atoms with Crippen molar-refractivity contribution in [3.8, 4) is 23.0 Å². The molecule has 2 heterocycles. The van der Waals surface area contributed by atoms with Gasteiger partial charge in [0.05, 0.1) is 43.7 Å². The summed E-state index contributed by atoms with van der Waals surface area (Å²) in [5.74, 6) is 1.68. The number of methoxy groups -OCH3 is 3. The summed E-state index contributed by atoms with van der Waals surface area (Å²) >= 11 is 1.26. The van der Waals surface area contributed by atoms with Crippen LogP contribution >= 0.6 is 11.3 Å². The van der Waals surface area contributed by atoms with Crippen LogP contribution in [0.5, 0.6) is 23.0 Å². The number of hydrogen-bond acceptors (Lipinski definition) is 9. The van der Waals surface area contributed by atoms with Gasteiger partial charge in [0.1, 0.15) is 24.1 Å². The van der Waals surface area contributed by atoms with Gasteiger partial charge in [-0.3, -0.25) is 9.36 Å². The van der Waals surface area contributed by atoms with E-state index in [-0.39, 0.29) is 12.2 Å². The predicted molar refractivity (Wildman–Crippen MR) is 173 cm³/mol. The Morgan fingerprint density at radius 3 is 2.38 bits per heavy atom. The topological polar surface area (TPSA) is 97.6 Å². The van der Waals surface area contributed by atoms with E-state index in [1.165, 1.54) is 11.3 Å². The van der Waals surface area contributed by atoms with Crippen LogP contribution in [0.1, 0.15) is 49.4 Å². The van der Waals surface area contributed by atoms with Crippen LogP contribution in [-0.2, 0) is 16.1 Å². The normalized spacial score (nSPS) is 14.4. The molecule has 0 N–H and O–H groups in total. The van der Waals surface area contributed by atoms with Crippen LogP contribution in [-0.4, -0.2) is 38.5 Å². The number of carbonyl (C=O) groups excluding carboxylic acids is 1. The number of thiazole rings is 1. The van der Waals surface area contributed by atoms with Gasteiger partial charge in [-0.1, -0.05) is 61.1 Å². The van der Waals surface area contributed by atoms with E-state index in [0.717, 1.165) is 17.5 Å². The largest absolute Gasteiger partial charge is 0.497 e. The molecular formula is C35H36N2O7S. The van der Waals surface area contributed by atoms with Gasteiger partial charge >= 0.3 is 5.97 Å². The maximum absolute atomic E-state index is 14.2. The highest BCUT2D eigenvalue weighted by Crippen LogP contribution is 2.39. The fourth-order valence-electron chi connectivity index (χ4n) is 5.25. The Balaban J connectivity index is 1.64. The Kier molecular flexibility index (Phi) is 10.0. The Labute approximate surface area is 265 Å². The third kappa shape index (κ3) is 6.66. The maximum atomic E-state index is 14.2. The van der Waals surface area contributed by atoms with Crippen LogP contribution in [0.4, 0.5) is 0 Å². The Morgan fingerprint density at radius 2 is 1.69 bits per heavy atom. The van der Waals surface area contributed by atoms with Crippen molar-refractivity contribution in [1.82, 2.24) is 4.57 Å².